The second-order valence-corrected chi connectivity index (χ2v) is 5.31. The largest absolute Gasteiger partial charge is 0.335 e. The first-order chi connectivity index (χ1) is 8.75. The molecule has 3 aromatic heterocycles. The van der Waals surface area contributed by atoms with Gasteiger partial charge in [-0.3, -0.25) is 4.79 Å². The van der Waals surface area contributed by atoms with E-state index in [0.717, 1.165) is 4.88 Å². The Morgan fingerprint density at radius 1 is 1.50 bits per heavy atom. The second-order valence-electron chi connectivity index (χ2n) is 3.42. The van der Waals surface area contributed by atoms with E-state index in [-0.39, 0.29) is 5.78 Å². The number of rotatable bonds is 4. The Morgan fingerprint density at radius 2 is 2.39 bits per heavy atom. The van der Waals surface area contributed by atoms with Gasteiger partial charge in [0.15, 0.2) is 5.78 Å². The number of carbonyl (C=O) groups excluding carboxylic acids is 1. The van der Waals surface area contributed by atoms with E-state index in [1.165, 1.54) is 38.6 Å². The van der Waals surface area contributed by atoms with E-state index in [1.807, 2.05) is 17.5 Å². The SMILES string of the molecule is Nn1cnn2c(SCC(=O)c3cccs3)nnc12. The number of carbonyl (C=O) groups is 1. The smallest absolute Gasteiger partial charge is 0.273 e. The van der Waals surface area contributed by atoms with Gasteiger partial charge in [0, 0.05) is 0 Å². The molecule has 7 nitrogen and oxygen atoms in total. The van der Waals surface area contributed by atoms with Gasteiger partial charge in [0.1, 0.15) is 6.33 Å². The molecular weight excluding hydrogens is 272 g/mol. The van der Waals surface area contributed by atoms with Crippen molar-refractivity contribution in [2.24, 2.45) is 0 Å². The average Bonchev–Trinajstić information content (AvgIpc) is 3.05. The minimum Gasteiger partial charge on any atom is -0.335 e. The number of ketones is 1. The number of nitrogen functional groups attached to an aromatic ring is 1. The number of nitrogens with two attached hydrogens (primary N) is 1. The van der Waals surface area contributed by atoms with Gasteiger partial charge in [-0.1, -0.05) is 17.8 Å². The fourth-order valence-corrected chi connectivity index (χ4v) is 2.93. The highest BCUT2D eigenvalue weighted by Gasteiger charge is 2.13. The molecule has 3 rings (SSSR count). The molecule has 0 aliphatic heterocycles. The third-order valence-electron chi connectivity index (χ3n) is 2.25. The third-order valence-corrected chi connectivity index (χ3v) is 4.08. The van der Waals surface area contributed by atoms with E-state index in [9.17, 15) is 4.79 Å². The van der Waals surface area contributed by atoms with Gasteiger partial charge in [-0.25, -0.2) is 4.68 Å². The fourth-order valence-electron chi connectivity index (χ4n) is 1.41. The van der Waals surface area contributed by atoms with Crippen molar-refractivity contribution in [3.05, 3.63) is 28.7 Å². The second kappa shape index (κ2) is 4.42. The zero-order valence-electron chi connectivity index (χ0n) is 9.05. The van der Waals surface area contributed by atoms with E-state index in [2.05, 4.69) is 15.3 Å². The molecule has 3 heterocycles. The van der Waals surface area contributed by atoms with E-state index >= 15 is 0 Å². The minimum atomic E-state index is 0.0685. The number of Topliss-reactive ketones (excluding diaryl/α,β-unsaturated/α-hetero) is 1. The van der Waals surface area contributed by atoms with Crippen LogP contribution in [0.2, 0.25) is 0 Å². The Balaban J connectivity index is 1.75. The van der Waals surface area contributed by atoms with Gasteiger partial charge in [0.25, 0.3) is 5.78 Å². The predicted molar refractivity (Wildman–Crippen MR) is 68.3 cm³/mol. The zero-order valence-corrected chi connectivity index (χ0v) is 10.7. The van der Waals surface area contributed by atoms with Gasteiger partial charge in [-0.15, -0.1) is 21.5 Å². The number of thioether (sulfide) groups is 1. The van der Waals surface area contributed by atoms with E-state index in [1.54, 1.807) is 0 Å². The molecule has 0 saturated carbocycles. The highest BCUT2D eigenvalue weighted by Crippen LogP contribution is 2.18. The number of hydrogen-bond donors (Lipinski definition) is 1. The summed E-state index contributed by atoms with van der Waals surface area (Å²) in [6.45, 7) is 0. The number of thiophene rings is 1. The maximum absolute atomic E-state index is 11.8. The Labute approximate surface area is 110 Å². The Morgan fingerprint density at radius 3 is 3.17 bits per heavy atom. The molecule has 0 amide bonds. The monoisotopic (exact) mass is 280 g/mol. The van der Waals surface area contributed by atoms with Crippen LogP contribution in [0.15, 0.2) is 29.0 Å². The van der Waals surface area contributed by atoms with Crippen LogP contribution in [-0.4, -0.2) is 36.0 Å². The summed E-state index contributed by atoms with van der Waals surface area (Å²) in [5, 5.41) is 14.3. The van der Waals surface area contributed by atoms with Gasteiger partial charge in [-0.05, 0) is 11.4 Å². The topological polar surface area (TPSA) is 91.1 Å². The van der Waals surface area contributed by atoms with Crippen LogP contribution in [-0.2, 0) is 0 Å². The summed E-state index contributed by atoms with van der Waals surface area (Å²) in [6, 6.07) is 3.66. The quantitative estimate of drug-likeness (QED) is 0.429. The molecular formula is C9H8N6OS2. The van der Waals surface area contributed by atoms with Crippen LogP contribution in [0.3, 0.4) is 0 Å². The summed E-state index contributed by atoms with van der Waals surface area (Å²) < 4.78 is 2.78. The molecule has 0 radical (unpaired) electrons. The van der Waals surface area contributed by atoms with Crippen molar-refractivity contribution in [2.75, 3.05) is 11.6 Å². The molecule has 0 saturated heterocycles. The van der Waals surface area contributed by atoms with Gasteiger partial charge in [0.05, 0.1) is 10.6 Å². The van der Waals surface area contributed by atoms with E-state index in [4.69, 9.17) is 5.84 Å². The van der Waals surface area contributed by atoms with Crippen LogP contribution in [0.5, 0.6) is 0 Å². The first-order valence-corrected chi connectivity index (χ1v) is 6.85. The summed E-state index contributed by atoms with van der Waals surface area (Å²) in [4.78, 5) is 12.6. The molecule has 0 atom stereocenters. The Hall–Kier alpha value is -1.87. The molecule has 2 N–H and O–H groups in total. The molecule has 0 unspecified atom stereocenters. The summed E-state index contributed by atoms with van der Waals surface area (Å²) in [6.07, 6.45) is 1.44. The number of nitrogens with zero attached hydrogens (tertiary/aromatic N) is 5. The van der Waals surface area contributed by atoms with Crippen molar-refractivity contribution in [1.82, 2.24) is 24.5 Å². The molecule has 0 fully saturated rings. The summed E-state index contributed by atoms with van der Waals surface area (Å²) in [7, 11) is 0. The van der Waals surface area contributed by atoms with Gasteiger partial charge >= 0.3 is 0 Å². The first kappa shape index (κ1) is 11.2. The number of aromatic nitrogens is 5. The molecule has 18 heavy (non-hydrogen) atoms. The Kier molecular flexibility index (Phi) is 2.76. The number of hydrogen-bond acceptors (Lipinski definition) is 7. The lowest BCUT2D eigenvalue weighted by atomic mass is 10.4. The fraction of sp³-hybridized carbons (Fsp3) is 0.111. The first-order valence-electron chi connectivity index (χ1n) is 4.99. The lowest BCUT2D eigenvalue weighted by molar-refractivity contribution is 0.102. The molecule has 0 aliphatic carbocycles. The van der Waals surface area contributed by atoms with Gasteiger partial charge in [-0.2, -0.15) is 9.61 Å². The molecule has 0 aliphatic rings. The van der Waals surface area contributed by atoms with Crippen LogP contribution in [0, 0.1) is 0 Å². The van der Waals surface area contributed by atoms with Crippen molar-refractivity contribution in [3.8, 4) is 0 Å². The van der Waals surface area contributed by atoms with Crippen LogP contribution < -0.4 is 5.84 Å². The Bertz CT molecular complexity index is 685. The van der Waals surface area contributed by atoms with Crippen molar-refractivity contribution < 1.29 is 4.79 Å². The van der Waals surface area contributed by atoms with Crippen LogP contribution in [0.4, 0.5) is 0 Å². The van der Waals surface area contributed by atoms with E-state index < -0.39 is 0 Å². The molecule has 0 bridgehead atoms. The van der Waals surface area contributed by atoms with Crippen molar-refractivity contribution in [3.63, 3.8) is 0 Å². The predicted octanol–water partition coefficient (Wildman–Crippen LogP) is 0.676. The van der Waals surface area contributed by atoms with Crippen molar-refractivity contribution in [1.29, 1.82) is 0 Å². The van der Waals surface area contributed by atoms with Crippen LogP contribution >= 0.6 is 23.1 Å². The molecule has 0 spiro atoms. The van der Waals surface area contributed by atoms with Gasteiger partial charge in [0.2, 0.25) is 5.16 Å². The number of fused-ring (bicyclic) bond motifs is 1. The molecule has 0 aromatic carbocycles. The highest BCUT2D eigenvalue weighted by molar-refractivity contribution is 7.99. The normalized spacial score (nSPS) is 11.1. The van der Waals surface area contributed by atoms with Gasteiger partial charge < -0.3 is 5.84 Å². The standard InChI is InChI=1S/C9H8N6OS2/c10-14-5-11-15-8(14)12-13-9(15)18-4-6(16)7-2-1-3-17-7/h1-3,5H,4,10H2. The lowest BCUT2D eigenvalue weighted by Gasteiger charge is -1.95. The summed E-state index contributed by atoms with van der Waals surface area (Å²) in [5.41, 5.74) is 0. The maximum Gasteiger partial charge on any atom is 0.273 e. The van der Waals surface area contributed by atoms with Crippen LogP contribution in [0.1, 0.15) is 9.67 Å². The van der Waals surface area contributed by atoms with Crippen molar-refractivity contribution >= 4 is 34.7 Å². The van der Waals surface area contributed by atoms with Crippen LogP contribution in [0.25, 0.3) is 5.78 Å². The summed E-state index contributed by atoms with van der Waals surface area (Å²) in [5.74, 6) is 6.40. The lowest BCUT2D eigenvalue weighted by Crippen LogP contribution is -2.06. The molecule has 92 valence electrons. The third kappa shape index (κ3) is 1.87. The average molecular weight is 280 g/mol. The molecule has 3 aromatic rings. The molecule has 9 heteroatoms. The minimum absolute atomic E-state index is 0.0685. The van der Waals surface area contributed by atoms with E-state index in [0.29, 0.717) is 16.7 Å². The summed E-state index contributed by atoms with van der Waals surface area (Å²) >= 11 is 2.72. The zero-order chi connectivity index (χ0) is 12.5. The maximum atomic E-state index is 11.8. The highest BCUT2D eigenvalue weighted by atomic mass is 32.2. The van der Waals surface area contributed by atoms with Crippen molar-refractivity contribution in [2.45, 2.75) is 5.16 Å².